The van der Waals surface area contributed by atoms with Gasteiger partial charge in [0, 0.05) is 17.6 Å². The summed E-state index contributed by atoms with van der Waals surface area (Å²) in [4.78, 5) is 7.27. The number of hydrogen-bond donors (Lipinski definition) is 1. The van der Waals surface area contributed by atoms with Gasteiger partial charge < -0.3 is 5.32 Å². The predicted molar refractivity (Wildman–Crippen MR) is 129 cm³/mol. The van der Waals surface area contributed by atoms with E-state index in [0.29, 0.717) is 5.92 Å². The molecule has 1 aromatic heterocycles. The molecule has 1 N–H and O–H groups in total. The van der Waals surface area contributed by atoms with Crippen molar-refractivity contribution in [2.24, 2.45) is 5.92 Å². The van der Waals surface area contributed by atoms with Crippen LogP contribution in [0.4, 0.5) is 14.5 Å². The minimum absolute atomic E-state index is 0.0389. The number of piperidine rings is 1. The maximum absolute atomic E-state index is 13.5. The van der Waals surface area contributed by atoms with Crippen molar-refractivity contribution in [1.82, 2.24) is 9.88 Å². The van der Waals surface area contributed by atoms with E-state index in [2.05, 4.69) is 34.5 Å². The van der Waals surface area contributed by atoms with Gasteiger partial charge in [-0.1, -0.05) is 36.4 Å². The highest BCUT2D eigenvalue weighted by Gasteiger charge is 2.28. The van der Waals surface area contributed by atoms with Gasteiger partial charge in [0.05, 0.1) is 17.3 Å². The Kier molecular flexibility index (Phi) is 6.31. The molecule has 5 heteroatoms. The molecule has 3 aromatic carbocycles. The van der Waals surface area contributed by atoms with Crippen molar-refractivity contribution < 1.29 is 8.78 Å². The lowest BCUT2D eigenvalue weighted by atomic mass is 9.85. The largest absolute Gasteiger partial charge is 0.378 e. The second kappa shape index (κ2) is 9.67. The smallest absolute Gasteiger partial charge is 0.123 e. The molecule has 0 aliphatic carbocycles. The van der Waals surface area contributed by atoms with Crippen molar-refractivity contribution in [3.05, 3.63) is 108 Å². The number of fused-ring (bicyclic) bond motifs is 1. The normalized spacial score (nSPS) is 16.1. The van der Waals surface area contributed by atoms with E-state index in [-0.39, 0.29) is 17.7 Å². The fraction of sp³-hybridized carbons (Fsp3) is 0.250. The molecule has 5 rings (SSSR count). The first kappa shape index (κ1) is 21.5. The van der Waals surface area contributed by atoms with E-state index in [1.807, 2.05) is 24.3 Å². The highest BCUT2D eigenvalue weighted by atomic mass is 19.1. The minimum Gasteiger partial charge on any atom is -0.378 e. The molecule has 33 heavy (non-hydrogen) atoms. The maximum atomic E-state index is 13.5. The Morgan fingerprint density at radius 1 is 0.818 bits per heavy atom. The van der Waals surface area contributed by atoms with Gasteiger partial charge >= 0.3 is 0 Å². The molecule has 2 heterocycles. The molecule has 1 unspecified atom stereocenters. The topological polar surface area (TPSA) is 28.2 Å². The SMILES string of the molecule is Fc1ccc(NC(c2ccc(F)cc2)C2CCN(Cc3ccc4ccccc4n3)CC2)cc1. The fourth-order valence-corrected chi connectivity index (χ4v) is 4.74. The number of halogens is 2. The van der Waals surface area contributed by atoms with Crippen LogP contribution in [-0.2, 0) is 6.54 Å². The second-order valence-corrected chi connectivity index (χ2v) is 8.79. The number of aromatic nitrogens is 1. The van der Waals surface area contributed by atoms with E-state index in [0.717, 1.165) is 60.3 Å². The zero-order chi connectivity index (χ0) is 22.6. The summed E-state index contributed by atoms with van der Waals surface area (Å²) < 4.78 is 26.9. The highest BCUT2D eigenvalue weighted by Crippen LogP contribution is 2.34. The number of nitrogens with one attached hydrogen (secondary N) is 1. The van der Waals surface area contributed by atoms with Crippen molar-refractivity contribution in [1.29, 1.82) is 0 Å². The monoisotopic (exact) mass is 443 g/mol. The summed E-state index contributed by atoms with van der Waals surface area (Å²) >= 11 is 0. The average Bonchev–Trinajstić information content (AvgIpc) is 2.85. The molecule has 1 saturated heterocycles. The summed E-state index contributed by atoms with van der Waals surface area (Å²) in [5.41, 5.74) is 4.04. The molecule has 0 bridgehead atoms. The van der Waals surface area contributed by atoms with Crippen LogP contribution in [0.5, 0.6) is 0 Å². The Balaban J connectivity index is 1.28. The standard InChI is InChI=1S/C28H27F2N3/c29-23-8-5-21(6-9-23)28(32-25-13-10-24(30)11-14-25)22-15-17-33(18-16-22)19-26-12-7-20-3-1-2-4-27(20)31-26/h1-14,22,28,32H,15-19H2. The number of para-hydroxylation sites is 1. The Morgan fingerprint density at radius 2 is 1.48 bits per heavy atom. The molecule has 0 radical (unpaired) electrons. The van der Waals surface area contributed by atoms with Crippen LogP contribution >= 0.6 is 0 Å². The molecule has 1 aliphatic heterocycles. The van der Waals surface area contributed by atoms with Crippen LogP contribution in [0.3, 0.4) is 0 Å². The number of rotatable bonds is 6. The molecule has 168 valence electrons. The summed E-state index contributed by atoms with van der Waals surface area (Å²) in [6.07, 6.45) is 2.04. The molecule has 4 aromatic rings. The van der Waals surface area contributed by atoms with Gasteiger partial charge in [0.2, 0.25) is 0 Å². The summed E-state index contributed by atoms with van der Waals surface area (Å²) in [5, 5.41) is 4.74. The van der Waals surface area contributed by atoms with Crippen LogP contribution in [0.25, 0.3) is 10.9 Å². The van der Waals surface area contributed by atoms with Gasteiger partial charge in [-0.25, -0.2) is 8.78 Å². The lowest BCUT2D eigenvalue weighted by Crippen LogP contribution is -2.37. The molecule has 1 aliphatic rings. The van der Waals surface area contributed by atoms with Crippen molar-refractivity contribution in [2.45, 2.75) is 25.4 Å². The Bertz CT molecular complexity index is 1200. The Hall–Kier alpha value is -3.31. The lowest BCUT2D eigenvalue weighted by molar-refractivity contribution is 0.165. The van der Waals surface area contributed by atoms with Crippen molar-refractivity contribution in [3.8, 4) is 0 Å². The van der Waals surface area contributed by atoms with Gasteiger partial charge in [0.25, 0.3) is 0 Å². The van der Waals surface area contributed by atoms with Crippen LogP contribution in [0.15, 0.2) is 84.9 Å². The van der Waals surface area contributed by atoms with Gasteiger partial charge in [-0.15, -0.1) is 0 Å². The first-order valence-corrected chi connectivity index (χ1v) is 11.5. The zero-order valence-electron chi connectivity index (χ0n) is 18.4. The maximum Gasteiger partial charge on any atom is 0.123 e. The molecular formula is C28H27F2N3. The third-order valence-corrected chi connectivity index (χ3v) is 6.54. The molecule has 0 amide bonds. The summed E-state index contributed by atoms with van der Waals surface area (Å²) in [7, 11) is 0. The highest BCUT2D eigenvalue weighted by molar-refractivity contribution is 5.78. The summed E-state index contributed by atoms with van der Waals surface area (Å²) in [6, 6.07) is 25.6. The summed E-state index contributed by atoms with van der Waals surface area (Å²) in [6.45, 7) is 2.79. The minimum atomic E-state index is -0.255. The number of hydrogen-bond acceptors (Lipinski definition) is 3. The molecule has 0 spiro atoms. The molecule has 3 nitrogen and oxygen atoms in total. The van der Waals surface area contributed by atoms with Crippen LogP contribution < -0.4 is 5.32 Å². The van der Waals surface area contributed by atoms with Crippen LogP contribution in [-0.4, -0.2) is 23.0 Å². The summed E-state index contributed by atoms with van der Waals surface area (Å²) in [5.74, 6) is -0.104. The van der Waals surface area contributed by atoms with E-state index in [4.69, 9.17) is 4.98 Å². The number of benzene rings is 3. The van der Waals surface area contributed by atoms with Gasteiger partial charge in [0.15, 0.2) is 0 Å². The number of nitrogens with zero attached hydrogens (tertiary/aromatic N) is 2. The third-order valence-electron chi connectivity index (χ3n) is 6.54. The molecule has 0 saturated carbocycles. The predicted octanol–water partition coefficient (Wildman–Crippen LogP) is 6.58. The van der Waals surface area contributed by atoms with Crippen LogP contribution in [0, 0.1) is 17.6 Å². The van der Waals surface area contributed by atoms with Gasteiger partial charge in [0.1, 0.15) is 11.6 Å². The van der Waals surface area contributed by atoms with Crippen molar-refractivity contribution in [2.75, 3.05) is 18.4 Å². The molecular weight excluding hydrogens is 416 g/mol. The average molecular weight is 444 g/mol. The Labute approximate surface area is 193 Å². The Morgan fingerprint density at radius 3 is 2.21 bits per heavy atom. The number of likely N-dealkylation sites (tertiary alicyclic amines) is 1. The quantitative estimate of drug-likeness (QED) is 0.365. The van der Waals surface area contributed by atoms with Crippen LogP contribution in [0.2, 0.25) is 0 Å². The fourth-order valence-electron chi connectivity index (χ4n) is 4.74. The van der Waals surface area contributed by atoms with E-state index >= 15 is 0 Å². The van der Waals surface area contributed by atoms with Crippen molar-refractivity contribution >= 4 is 16.6 Å². The first-order chi connectivity index (χ1) is 16.1. The molecule has 1 fully saturated rings. The lowest BCUT2D eigenvalue weighted by Gasteiger charge is -2.37. The van der Waals surface area contributed by atoms with Gasteiger partial charge in [-0.3, -0.25) is 9.88 Å². The van der Waals surface area contributed by atoms with Gasteiger partial charge in [-0.2, -0.15) is 0 Å². The van der Waals surface area contributed by atoms with E-state index in [9.17, 15) is 8.78 Å². The zero-order valence-corrected chi connectivity index (χ0v) is 18.4. The number of pyridine rings is 1. The van der Waals surface area contributed by atoms with E-state index < -0.39 is 0 Å². The van der Waals surface area contributed by atoms with E-state index in [1.54, 1.807) is 12.1 Å². The van der Waals surface area contributed by atoms with E-state index in [1.165, 1.54) is 24.3 Å². The van der Waals surface area contributed by atoms with Crippen LogP contribution in [0.1, 0.15) is 30.1 Å². The molecule has 1 atom stereocenters. The van der Waals surface area contributed by atoms with Gasteiger partial charge in [-0.05, 0) is 85.9 Å². The third kappa shape index (κ3) is 5.20. The van der Waals surface area contributed by atoms with Crippen molar-refractivity contribution in [3.63, 3.8) is 0 Å². The second-order valence-electron chi connectivity index (χ2n) is 8.79. The number of anilines is 1. The first-order valence-electron chi connectivity index (χ1n) is 11.5.